The Labute approximate surface area is 296 Å². The number of nitrogens with zero attached hydrogens (tertiary/aromatic N) is 2. The molecule has 7 aromatic carbocycles. The van der Waals surface area contributed by atoms with Gasteiger partial charge in [0.25, 0.3) is 0 Å². The van der Waals surface area contributed by atoms with Crippen LogP contribution in [0.4, 0.5) is 34.1 Å². The van der Waals surface area contributed by atoms with Gasteiger partial charge in [0.15, 0.2) is 11.5 Å². The minimum Gasteiger partial charge on any atom is -0.549 e. The summed E-state index contributed by atoms with van der Waals surface area (Å²) in [5, 5.41) is 0. The molecule has 0 spiro atoms. The van der Waals surface area contributed by atoms with E-state index in [0.717, 1.165) is 73.0 Å². The lowest BCUT2D eigenvalue weighted by atomic mass is 9.46. The van der Waals surface area contributed by atoms with Crippen LogP contribution in [0.2, 0.25) is 0 Å². The molecule has 7 aromatic rings. The molecule has 11 rings (SSSR count). The van der Waals surface area contributed by atoms with E-state index in [9.17, 15) is 0 Å². The molecule has 0 unspecified atom stereocenters. The first-order chi connectivity index (χ1) is 25.2. The van der Waals surface area contributed by atoms with Crippen molar-refractivity contribution in [1.82, 2.24) is 0 Å². The van der Waals surface area contributed by atoms with Crippen LogP contribution in [0.25, 0.3) is 0 Å². The Balaban J connectivity index is 1.25. The molecule has 8 heteroatoms. The van der Waals surface area contributed by atoms with E-state index in [1.807, 2.05) is 60.7 Å². The van der Waals surface area contributed by atoms with Gasteiger partial charge in [0.1, 0.15) is 23.0 Å². The number of para-hydroxylation sites is 6. The van der Waals surface area contributed by atoms with E-state index in [0.29, 0.717) is 23.0 Å². The second-order valence-corrected chi connectivity index (χ2v) is 13.2. The molecule has 0 amide bonds. The molecule has 0 atom stereocenters. The third-order valence-corrected chi connectivity index (χ3v) is 10.3. The van der Waals surface area contributed by atoms with Gasteiger partial charge in [0, 0.05) is 45.0 Å². The van der Waals surface area contributed by atoms with Crippen molar-refractivity contribution in [3.63, 3.8) is 0 Å². The SMILES string of the molecule is Cc1c2c(cc3c1N(c1ccccc1)c1cccc4c1B3Oc1ccccc1O4)B1Oc3ccccc3Oc3cccc(c31)N2c1ccccc1. The largest absolute Gasteiger partial charge is 0.549 e. The van der Waals surface area contributed by atoms with E-state index in [1.54, 1.807) is 0 Å². The minimum atomic E-state index is -0.449. The Morgan fingerprint density at radius 2 is 0.804 bits per heavy atom. The Hall–Kier alpha value is -6.53. The maximum Gasteiger partial charge on any atom is 0.434 e. The summed E-state index contributed by atoms with van der Waals surface area (Å²) in [6, 6.07) is 51.8. The van der Waals surface area contributed by atoms with E-state index in [4.69, 9.17) is 18.8 Å². The highest BCUT2D eigenvalue weighted by atomic mass is 16.5. The molecule has 0 saturated heterocycles. The lowest BCUT2D eigenvalue weighted by Crippen LogP contribution is -2.59. The molecule has 0 N–H and O–H groups in total. The second kappa shape index (κ2) is 10.7. The fourth-order valence-electron chi connectivity index (χ4n) is 8.24. The van der Waals surface area contributed by atoms with Crippen molar-refractivity contribution >= 4 is 69.8 Å². The molecule has 4 heterocycles. The van der Waals surface area contributed by atoms with Crippen molar-refractivity contribution in [2.24, 2.45) is 0 Å². The standard InChI is InChI=1S/C43H28B2N2O4/c1-27-42-30(44-40-32(46(42)28-14-4-2-5-15-28)18-12-24-38(40)48-34-20-8-10-22-36(34)50-44)26-31-43(27)47(29-16-6-3-7-17-29)33-19-13-25-39-41(33)45(31)51-37-23-11-9-21-35(37)49-39/h2-26H,1H3. The molecule has 0 fully saturated rings. The van der Waals surface area contributed by atoms with Gasteiger partial charge in [-0.15, -0.1) is 0 Å². The number of anilines is 6. The summed E-state index contributed by atoms with van der Waals surface area (Å²) in [5.74, 6) is 4.33. The van der Waals surface area contributed by atoms with E-state index in [1.165, 1.54) is 0 Å². The van der Waals surface area contributed by atoms with Crippen LogP contribution in [0.1, 0.15) is 5.56 Å². The van der Waals surface area contributed by atoms with Crippen LogP contribution in [0.15, 0.2) is 152 Å². The number of ether oxygens (including phenoxy) is 2. The highest BCUT2D eigenvalue weighted by Crippen LogP contribution is 2.48. The van der Waals surface area contributed by atoms with E-state index >= 15 is 0 Å². The zero-order valence-electron chi connectivity index (χ0n) is 27.6. The maximum atomic E-state index is 7.06. The first-order valence-electron chi connectivity index (χ1n) is 17.2. The molecular formula is C43H28B2N2O4. The molecule has 6 nitrogen and oxygen atoms in total. The molecule has 4 aliphatic rings. The Morgan fingerprint density at radius 3 is 1.25 bits per heavy atom. The zero-order chi connectivity index (χ0) is 33.6. The number of benzene rings is 7. The van der Waals surface area contributed by atoms with Gasteiger partial charge in [0.05, 0.1) is 0 Å². The van der Waals surface area contributed by atoms with Gasteiger partial charge >= 0.3 is 13.8 Å². The fraction of sp³-hybridized carbons (Fsp3) is 0.0233. The van der Waals surface area contributed by atoms with Crippen LogP contribution in [-0.4, -0.2) is 13.8 Å². The van der Waals surface area contributed by atoms with Crippen LogP contribution >= 0.6 is 0 Å². The van der Waals surface area contributed by atoms with Crippen LogP contribution < -0.4 is 50.4 Å². The van der Waals surface area contributed by atoms with Crippen molar-refractivity contribution in [1.29, 1.82) is 0 Å². The van der Waals surface area contributed by atoms with Gasteiger partial charge < -0.3 is 28.6 Å². The first-order valence-corrected chi connectivity index (χ1v) is 17.2. The van der Waals surface area contributed by atoms with Crippen LogP contribution in [0.5, 0.6) is 34.5 Å². The molecular weight excluding hydrogens is 630 g/mol. The molecule has 0 saturated carbocycles. The van der Waals surface area contributed by atoms with Gasteiger partial charge in [-0.1, -0.05) is 78.9 Å². The Morgan fingerprint density at radius 1 is 0.412 bits per heavy atom. The third-order valence-electron chi connectivity index (χ3n) is 10.3. The smallest absolute Gasteiger partial charge is 0.434 e. The fourth-order valence-corrected chi connectivity index (χ4v) is 8.24. The number of hydrogen-bond donors (Lipinski definition) is 0. The van der Waals surface area contributed by atoms with Gasteiger partial charge in [-0.3, -0.25) is 0 Å². The summed E-state index contributed by atoms with van der Waals surface area (Å²) in [6.45, 7) is 1.33. The summed E-state index contributed by atoms with van der Waals surface area (Å²) >= 11 is 0. The van der Waals surface area contributed by atoms with Gasteiger partial charge in [0.2, 0.25) is 0 Å². The third kappa shape index (κ3) is 4.07. The predicted octanol–water partition coefficient (Wildman–Crippen LogP) is 8.14. The zero-order valence-corrected chi connectivity index (χ0v) is 27.6. The lowest BCUT2D eigenvalue weighted by Gasteiger charge is -2.42. The van der Waals surface area contributed by atoms with Crippen molar-refractivity contribution in [3.8, 4) is 34.5 Å². The maximum absolute atomic E-state index is 7.06. The quantitative estimate of drug-likeness (QED) is 0.175. The summed E-state index contributed by atoms with van der Waals surface area (Å²) in [5.41, 5.74) is 11.4. The van der Waals surface area contributed by atoms with E-state index in [2.05, 4.69) is 108 Å². The van der Waals surface area contributed by atoms with E-state index in [-0.39, 0.29) is 0 Å². The van der Waals surface area contributed by atoms with Gasteiger partial charge in [-0.25, -0.2) is 0 Å². The van der Waals surface area contributed by atoms with Crippen LogP contribution in [0.3, 0.4) is 0 Å². The Kier molecular flexibility index (Phi) is 5.96. The average Bonchev–Trinajstić information content (AvgIpc) is 3.46. The van der Waals surface area contributed by atoms with Gasteiger partial charge in [-0.2, -0.15) is 0 Å². The summed E-state index contributed by atoms with van der Waals surface area (Å²) in [7, 11) is 0. The molecule has 240 valence electrons. The van der Waals surface area contributed by atoms with Crippen LogP contribution in [0, 0.1) is 6.92 Å². The molecule has 4 aliphatic heterocycles. The van der Waals surface area contributed by atoms with Crippen molar-refractivity contribution < 1.29 is 18.8 Å². The van der Waals surface area contributed by atoms with Gasteiger partial charge in [-0.05, 0) is 96.2 Å². The monoisotopic (exact) mass is 658 g/mol. The lowest BCUT2D eigenvalue weighted by molar-refractivity contribution is 0.465. The second-order valence-electron chi connectivity index (χ2n) is 13.2. The highest BCUT2D eigenvalue weighted by molar-refractivity contribution is 6.88. The Bertz CT molecular complexity index is 2370. The summed E-state index contributed by atoms with van der Waals surface area (Å²) < 4.78 is 27.4. The van der Waals surface area contributed by atoms with Crippen molar-refractivity contribution in [2.75, 3.05) is 9.80 Å². The summed E-state index contributed by atoms with van der Waals surface area (Å²) in [4.78, 5) is 4.73. The molecule has 0 aliphatic carbocycles. The summed E-state index contributed by atoms with van der Waals surface area (Å²) in [6.07, 6.45) is 0. The topological polar surface area (TPSA) is 43.4 Å². The normalized spacial score (nSPS) is 14.1. The number of fused-ring (bicyclic) bond motifs is 6. The molecule has 0 aromatic heterocycles. The van der Waals surface area contributed by atoms with Crippen molar-refractivity contribution in [3.05, 3.63) is 157 Å². The van der Waals surface area contributed by atoms with Crippen LogP contribution in [-0.2, 0) is 0 Å². The number of hydrogen-bond acceptors (Lipinski definition) is 6. The molecule has 0 bridgehead atoms. The first kappa shape index (κ1) is 28.3. The molecule has 51 heavy (non-hydrogen) atoms. The van der Waals surface area contributed by atoms with E-state index < -0.39 is 13.8 Å². The average molecular weight is 658 g/mol. The minimum absolute atomic E-state index is 0.449. The molecule has 0 radical (unpaired) electrons. The number of rotatable bonds is 2. The van der Waals surface area contributed by atoms with Crippen molar-refractivity contribution in [2.45, 2.75) is 6.92 Å². The predicted molar refractivity (Wildman–Crippen MR) is 205 cm³/mol. The highest BCUT2D eigenvalue weighted by Gasteiger charge is 2.48.